The highest BCUT2D eigenvalue weighted by Gasteiger charge is 3.03. The Morgan fingerprint density at radius 1 is 1.03 bits per heavy atom. The average Bonchev–Trinajstić information content (AvgIpc) is 3.50. The lowest BCUT2D eigenvalue weighted by Crippen LogP contribution is -3.06. The molecule has 0 atom stereocenters. The van der Waals surface area contributed by atoms with Gasteiger partial charge in [0.2, 0.25) is 0 Å². The number of hydrogen-bond acceptors (Lipinski definition) is 6. The third-order valence-corrected chi connectivity index (χ3v) is 10.2. The minimum absolute atomic E-state index is 0.166. The molecule has 174 valence electrons. The van der Waals surface area contributed by atoms with E-state index in [1.807, 2.05) is 12.1 Å². The van der Waals surface area contributed by atoms with E-state index in [1.54, 1.807) is 18.3 Å². The summed E-state index contributed by atoms with van der Waals surface area (Å²) in [6, 6.07) is 8.61. The summed E-state index contributed by atoms with van der Waals surface area (Å²) in [5.74, 6) is 6.25. The first kappa shape index (κ1) is 18.6. The van der Waals surface area contributed by atoms with Crippen molar-refractivity contribution in [3.8, 4) is 5.75 Å². The van der Waals surface area contributed by atoms with Crippen LogP contribution < -0.4 is 15.4 Å². The highest BCUT2D eigenvalue weighted by Crippen LogP contribution is 3.05. The minimum Gasteiger partial charge on any atom is -0.426 e. The van der Waals surface area contributed by atoms with Crippen LogP contribution in [0.3, 0.4) is 0 Å². The van der Waals surface area contributed by atoms with E-state index in [0.717, 1.165) is 59.1 Å². The maximum atomic E-state index is 13.2. The molecule has 6 aliphatic carbocycles. The molecule has 7 aliphatic rings. The number of amides is 2. The van der Waals surface area contributed by atoms with Crippen molar-refractivity contribution in [1.29, 1.82) is 0 Å². The zero-order chi connectivity index (χ0) is 23.2. The molecule has 6 fully saturated rings. The number of carbonyl (C=O) groups excluding carboxylic acids is 3. The number of fused-ring (bicyclic) bond motifs is 2. The summed E-state index contributed by atoms with van der Waals surface area (Å²) in [5.41, 5.74) is 2.98. The third kappa shape index (κ3) is 1.92. The van der Waals surface area contributed by atoms with Gasteiger partial charge in [0.05, 0.1) is 12.6 Å². The molecule has 2 amide bonds. The molecule has 1 aliphatic heterocycles. The molecule has 2 aromatic heterocycles. The Hall–Kier alpha value is -3.75. The number of aromatic nitrogens is 3. The fraction of sp³-hybridized carbons (Fsp3) is 0.423. The van der Waals surface area contributed by atoms with Gasteiger partial charge in [-0.05, 0) is 64.5 Å². The zero-order valence-corrected chi connectivity index (χ0v) is 18.6. The predicted octanol–water partition coefficient (Wildman–Crippen LogP) is 1.22. The van der Waals surface area contributed by atoms with Gasteiger partial charge in [-0.15, -0.1) is 0 Å². The monoisotopic (exact) mass is 467 g/mol. The lowest BCUT2D eigenvalue weighted by molar-refractivity contribution is -0.612. The average molecular weight is 467 g/mol. The minimum atomic E-state index is -0.378. The van der Waals surface area contributed by atoms with E-state index in [2.05, 4.69) is 20.7 Å². The third-order valence-electron chi connectivity index (χ3n) is 10.2. The molecule has 1 aromatic carbocycles. The van der Waals surface area contributed by atoms with Crippen molar-refractivity contribution in [2.45, 2.75) is 13.0 Å². The van der Waals surface area contributed by atoms with Gasteiger partial charge in [0.25, 0.3) is 11.8 Å². The number of nitrogens with one attached hydrogen (secondary N) is 2. The molecule has 10 rings (SSSR count). The summed E-state index contributed by atoms with van der Waals surface area (Å²) < 4.78 is 6.61. The lowest BCUT2D eigenvalue weighted by atomic mass is 8.96. The summed E-state index contributed by atoms with van der Waals surface area (Å²) >= 11 is 0. The molecule has 3 aromatic rings. The van der Waals surface area contributed by atoms with Crippen molar-refractivity contribution in [2.24, 2.45) is 46.8 Å². The van der Waals surface area contributed by atoms with E-state index < -0.39 is 0 Å². The lowest BCUT2D eigenvalue weighted by Gasteiger charge is -3.08. The number of carbonyl (C=O) groups is 3. The topological polar surface area (TPSA) is 115 Å². The molecule has 2 N–H and O–H groups in total. The standard InChI is InChI=1S/C26H21N5O4/c32-16-6-11-5-10(1-2-14(11)35-16)8-27-24(33)12-7-13(31-15(30-12)3-4-29-31)25(34)28-9-26-21-18-17-19(21)23(26)20(17)22(18)26/h1-5,7,17-23H,6,8-9H2,(H,27,33)(H,28,34). The molecule has 0 radical (unpaired) electrons. The second kappa shape index (κ2) is 5.72. The number of benzene rings is 1. The van der Waals surface area contributed by atoms with Crippen molar-refractivity contribution >= 4 is 23.4 Å². The van der Waals surface area contributed by atoms with Gasteiger partial charge in [-0.3, -0.25) is 14.4 Å². The molecule has 3 heterocycles. The fourth-order valence-electron chi connectivity index (χ4n) is 9.11. The Morgan fingerprint density at radius 3 is 2.63 bits per heavy atom. The van der Waals surface area contributed by atoms with E-state index in [-0.39, 0.29) is 36.4 Å². The Bertz CT molecular complexity index is 1490. The Morgan fingerprint density at radius 2 is 1.83 bits per heavy atom. The summed E-state index contributed by atoms with van der Waals surface area (Å²) in [7, 11) is 0. The normalized spacial score (nSPS) is 37.0. The van der Waals surface area contributed by atoms with Crippen LogP contribution in [0.5, 0.6) is 5.75 Å². The second-order valence-corrected chi connectivity index (χ2v) is 11.1. The van der Waals surface area contributed by atoms with Crippen LogP contribution in [0, 0.1) is 46.8 Å². The van der Waals surface area contributed by atoms with Gasteiger partial charge in [0.1, 0.15) is 17.1 Å². The summed E-state index contributed by atoms with van der Waals surface area (Å²) in [4.78, 5) is 42.0. The van der Waals surface area contributed by atoms with Crippen LogP contribution in [0.25, 0.3) is 5.65 Å². The van der Waals surface area contributed by atoms with Crippen LogP contribution in [0.1, 0.15) is 32.1 Å². The quantitative estimate of drug-likeness (QED) is 0.416. The molecular weight excluding hydrogens is 446 g/mol. The number of nitrogens with zero attached hydrogens (tertiary/aromatic N) is 3. The van der Waals surface area contributed by atoms with Crippen molar-refractivity contribution < 1.29 is 19.1 Å². The van der Waals surface area contributed by atoms with Gasteiger partial charge in [-0.2, -0.15) is 5.10 Å². The molecule has 9 nitrogen and oxygen atoms in total. The smallest absolute Gasteiger partial charge is 0.315 e. The molecule has 0 spiro atoms. The van der Waals surface area contributed by atoms with Crippen molar-refractivity contribution in [1.82, 2.24) is 25.2 Å². The molecule has 0 unspecified atom stereocenters. The molecule has 35 heavy (non-hydrogen) atoms. The van der Waals surface area contributed by atoms with Gasteiger partial charge in [-0.25, -0.2) is 9.50 Å². The highest BCUT2D eigenvalue weighted by molar-refractivity contribution is 5.98. The van der Waals surface area contributed by atoms with Crippen molar-refractivity contribution in [3.05, 3.63) is 59.0 Å². The van der Waals surface area contributed by atoms with E-state index in [9.17, 15) is 14.4 Å². The predicted molar refractivity (Wildman–Crippen MR) is 119 cm³/mol. The van der Waals surface area contributed by atoms with Gasteiger partial charge in [0.15, 0.2) is 5.65 Å². The van der Waals surface area contributed by atoms with E-state index >= 15 is 0 Å². The molecule has 0 saturated heterocycles. The Balaban J connectivity index is 0.930. The van der Waals surface area contributed by atoms with Crippen molar-refractivity contribution in [3.63, 3.8) is 0 Å². The number of ether oxygens (including phenoxy) is 1. The largest absolute Gasteiger partial charge is 0.426 e. The van der Waals surface area contributed by atoms with Crippen LogP contribution >= 0.6 is 0 Å². The van der Waals surface area contributed by atoms with Crippen molar-refractivity contribution in [2.75, 3.05) is 6.54 Å². The van der Waals surface area contributed by atoms with Crippen LogP contribution in [0.15, 0.2) is 36.5 Å². The van der Waals surface area contributed by atoms with Crippen LogP contribution in [-0.2, 0) is 17.8 Å². The number of hydrogen-bond donors (Lipinski definition) is 2. The summed E-state index contributed by atoms with van der Waals surface area (Å²) in [6.45, 7) is 1.00. The Kier molecular flexibility index (Phi) is 3.03. The van der Waals surface area contributed by atoms with Gasteiger partial charge in [0, 0.05) is 30.8 Å². The number of esters is 1. The summed E-state index contributed by atoms with van der Waals surface area (Å²) in [6.07, 6.45) is 1.81. The molecule has 0 bridgehead atoms. The van der Waals surface area contributed by atoms with Crippen LogP contribution in [0.2, 0.25) is 0 Å². The Labute approximate surface area is 199 Å². The molecular formula is C26H21N5O4. The second-order valence-electron chi connectivity index (χ2n) is 11.1. The first-order valence-corrected chi connectivity index (χ1v) is 12.3. The van der Waals surface area contributed by atoms with Crippen LogP contribution in [-0.4, -0.2) is 38.9 Å². The first-order chi connectivity index (χ1) is 17.1. The number of rotatable bonds is 6. The van der Waals surface area contributed by atoms with E-state index in [4.69, 9.17) is 4.74 Å². The fourth-order valence-corrected chi connectivity index (χ4v) is 9.11. The zero-order valence-electron chi connectivity index (χ0n) is 18.6. The first-order valence-electron chi connectivity index (χ1n) is 12.3. The molecule has 9 heteroatoms. The van der Waals surface area contributed by atoms with Gasteiger partial charge < -0.3 is 15.4 Å². The van der Waals surface area contributed by atoms with E-state index in [0.29, 0.717) is 22.5 Å². The SMILES string of the molecule is O=C1Cc2cc(CNC(=O)c3cc(C(=O)NCC45C6C7C8C6C4C8C75)n4nccc4n3)ccc2O1. The maximum Gasteiger partial charge on any atom is 0.315 e. The summed E-state index contributed by atoms with van der Waals surface area (Å²) in [5, 5.41) is 10.3. The highest BCUT2D eigenvalue weighted by atomic mass is 16.5. The molecule has 6 saturated carbocycles. The van der Waals surface area contributed by atoms with E-state index in [1.165, 1.54) is 10.6 Å². The van der Waals surface area contributed by atoms with Gasteiger partial charge >= 0.3 is 5.97 Å². The maximum absolute atomic E-state index is 13.2. The van der Waals surface area contributed by atoms with Crippen LogP contribution in [0.4, 0.5) is 0 Å². The van der Waals surface area contributed by atoms with Gasteiger partial charge in [-0.1, -0.05) is 6.07 Å².